The number of hydrogen-bond acceptors (Lipinski definition) is 1. The van der Waals surface area contributed by atoms with Crippen LogP contribution in [0, 0.1) is 6.92 Å². The lowest BCUT2D eigenvalue weighted by molar-refractivity contribution is 1.24. The SMILES string of the molecule is CC1=N/C(=C\c2ccc(C)[nH]2)C=C1. The third-order valence-electron chi connectivity index (χ3n) is 1.96. The molecule has 1 aliphatic rings. The van der Waals surface area contributed by atoms with Gasteiger partial charge in [-0.05, 0) is 44.2 Å². The third kappa shape index (κ3) is 1.78. The smallest absolute Gasteiger partial charge is 0.0654 e. The largest absolute Gasteiger partial charge is 0.359 e. The van der Waals surface area contributed by atoms with Crippen molar-refractivity contribution in [1.82, 2.24) is 4.98 Å². The van der Waals surface area contributed by atoms with Gasteiger partial charge >= 0.3 is 0 Å². The highest BCUT2D eigenvalue weighted by Gasteiger charge is 1.99. The summed E-state index contributed by atoms with van der Waals surface area (Å²) in [5, 5.41) is 0. The molecule has 2 heterocycles. The highest BCUT2D eigenvalue weighted by atomic mass is 14.8. The van der Waals surface area contributed by atoms with Gasteiger partial charge in [-0.15, -0.1) is 0 Å². The van der Waals surface area contributed by atoms with Gasteiger partial charge in [0.25, 0.3) is 0 Å². The number of aromatic amines is 1. The fourth-order valence-corrected chi connectivity index (χ4v) is 1.33. The molecule has 1 aliphatic heterocycles. The van der Waals surface area contributed by atoms with Crippen LogP contribution in [0.3, 0.4) is 0 Å². The van der Waals surface area contributed by atoms with Crippen LogP contribution in [0.4, 0.5) is 0 Å². The Hall–Kier alpha value is -1.57. The molecule has 0 fully saturated rings. The summed E-state index contributed by atoms with van der Waals surface area (Å²) in [7, 11) is 0. The molecule has 1 aromatic rings. The number of H-pyrrole nitrogens is 1. The van der Waals surface area contributed by atoms with Crippen LogP contribution in [-0.4, -0.2) is 10.7 Å². The second-order valence-electron chi connectivity index (χ2n) is 3.25. The molecule has 0 amide bonds. The molecule has 0 aromatic carbocycles. The van der Waals surface area contributed by atoms with Crippen LogP contribution >= 0.6 is 0 Å². The average Bonchev–Trinajstić information content (AvgIpc) is 2.62. The van der Waals surface area contributed by atoms with E-state index < -0.39 is 0 Å². The molecule has 0 saturated heterocycles. The first kappa shape index (κ1) is 8.05. The van der Waals surface area contributed by atoms with Gasteiger partial charge in [-0.2, -0.15) is 0 Å². The summed E-state index contributed by atoms with van der Waals surface area (Å²) in [4.78, 5) is 7.58. The Morgan fingerprint density at radius 2 is 2.08 bits per heavy atom. The van der Waals surface area contributed by atoms with Gasteiger partial charge in [-0.25, -0.2) is 0 Å². The van der Waals surface area contributed by atoms with Gasteiger partial charge in [0, 0.05) is 17.1 Å². The molecule has 0 unspecified atom stereocenters. The minimum Gasteiger partial charge on any atom is -0.359 e. The molecule has 0 saturated carbocycles. The second-order valence-corrected chi connectivity index (χ2v) is 3.25. The van der Waals surface area contributed by atoms with Crippen LogP contribution in [0.1, 0.15) is 18.3 Å². The number of aromatic nitrogens is 1. The molecule has 0 bridgehead atoms. The van der Waals surface area contributed by atoms with Crippen LogP contribution in [0.5, 0.6) is 0 Å². The monoisotopic (exact) mass is 172 g/mol. The van der Waals surface area contributed by atoms with Gasteiger partial charge in [0.1, 0.15) is 0 Å². The number of nitrogens with zero attached hydrogens (tertiary/aromatic N) is 1. The van der Waals surface area contributed by atoms with E-state index in [1.165, 1.54) is 5.69 Å². The van der Waals surface area contributed by atoms with Gasteiger partial charge in [0.2, 0.25) is 0 Å². The van der Waals surface area contributed by atoms with E-state index in [0.29, 0.717) is 0 Å². The Morgan fingerprint density at radius 1 is 1.23 bits per heavy atom. The standard InChI is InChI=1S/C11H12N2/c1-8-3-5-10(12-8)7-11-6-4-9(2)13-11/h3-7,12H,1-2H3/b11-7-. The summed E-state index contributed by atoms with van der Waals surface area (Å²) in [6.07, 6.45) is 6.08. The van der Waals surface area contributed by atoms with E-state index in [1.807, 2.05) is 32.1 Å². The van der Waals surface area contributed by atoms with E-state index in [9.17, 15) is 0 Å². The number of nitrogens with one attached hydrogen (secondary N) is 1. The predicted molar refractivity (Wildman–Crippen MR) is 55.8 cm³/mol. The van der Waals surface area contributed by atoms with Crippen molar-refractivity contribution in [3.8, 4) is 0 Å². The Labute approximate surface area is 77.7 Å². The lowest BCUT2D eigenvalue weighted by Gasteiger charge is -1.89. The van der Waals surface area contributed by atoms with Gasteiger partial charge < -0.3 is 4.98 Å². The molecule has 1 N–H and O–H groups in total. The third-order valence-corrected chi connectivity index (χ3v) is 1.96. The van der Waals surface area contributed by atoms with Gasteiger partial charge in [0.05, 0.1) is 5.70 Å². The van der Waals surface area contributed by atoms with Gasteiger partial charge in [-0.3, -0.25) is 4.99 Å². The van der Waals surface area contributed by atoms with E-state index in [2.05, 4.69) is 22.1 Å². The molecule has 0 aliphatic carbocycles. The molecular weight excluding hydrogens is 160 g/mol. The maximum atomic E-state index is 4.34. The van der Waals surface area contributed by atoms with E-state index in [4.69, 9.17) is 0 Å². The predicted octanol–water partition coefficient (Wildman–Crippen LogP) is 2.69. The molecule has 0 radical (unpaired) electrons. The van der Waals surface area contributed by atoms with Crippen molar-refractivity contribution in [1.29, 1.82) is 0 Å². The van der Waals surface area contributed by atoms with E-state index in [1.54, 1.807) is 0 Å². The zero-order valence-electron chi connectivity index (χ0n) is 7.83. The summed E-state index contributed by atoms with van der Waals surface area (Å²) >= 11 is 0. The fraction of sp³-hybridized carbons (Fsp3) is 0.182. The van der Waals surface area contributed by atoms with E-state index in [0.717, 1.165) is 17.1 Å². The Kier molecular flexibility index (Phi) is 1.89. The number of aliphatic imine (C=N–C) groups is 1. The first-order valence-electron chi connectivity index (χ1n) is 4.35. The highest BCUT2D eigenvalue weighted by Crippen LogP contribution is 2.13. The van der Waals surface area contributed by atoms with Crippen LogP contribution in [0.2, 0.25) is 0 Å². The van der Waals surface area contributed by atoms with Crippen LogP contribution in [0.15, 0.2) is 35.0 Å². The minimum absolute atomic E-state index is 1.01. The molecule has 0 spiro atoms. The first-order valence-corrected chi connectivity index (χ1v) is 4.35. The number of hydrogen-bond donors (Lipinski definition) is 1. The lowest BCUT2D eigenvalue weighted by atomic mass is 10.3. The first-order chi connectivity index (χ1) is 6.24. The lowest BCUT2D eigenvalue weighted by Crippen LogP contribution is -1.76. The van der Waals surface area contributed by atoms with Gasteiger partial charge in [0.15, 0.2) is 0 Å². The second kappa shape index (κ2) is 3.05. The van der Waals surface area contributed by atoms with Crippen molar-refractivity contribution < 1.29 is 0 Å². The summed E-state index contributed by atoms with van der Waals surface area (Å²) in [6, 6.07) is 4.11. The number of allylic oxidation sites excluding steroid dienone is 2. The maximum absolute atomic E-state index is 4.34. The zero-order valence-corrected chi connectivity index (χ0v) is 7.83. The van der Waals surface area contributed by atoms with Crippen molar-refractivity contribution in [2.45, 2.75) is 13.8 Å². The molecule has 2 nitrogen and oxygen atoms in total. The highest BCUT2D eigenvalue weighted by molar-refractivity contribution is 5.97. The van der Waals surface area contributed by atoms with Gasteiger partial charge in [-0.1, -0.05) is 0 Å². The quantitative estimate of drug-likeness (QED) is 0.674. The molecule has 0 atom stereocenters. The number of rotatable bonds is 1. The van der Waals surface area contributed by atoms with Crippen molar-refractivity contribution >= 4 is 11.8 Å². The summed E-state index contributed by atoms with van der Waals surface area (Å²) in [5.74, 6) is 0. The Bertz CT molecular complexity index is 405. The summed E-state index contributed by atoms with van der Waals surface area (Å²) in [6.45, 7) is 4.04. The Balaban J connectivity index is 2.27. The average molecular weight is 172 g/mol. The molecule has 2 heteroatoms. The topological polar surface area (TPSA) is 28.1 Å². The Morgan fingerprint density at radius 3 is 2.62 bits per heavy atom. The fourth-order valence-electron chi connectivity index (χ4n) is 1.33. The molecule has 66 valence electrons. The van der Waals surface area contributed by atoms with Crippen molar-refractivity contribution in [2.24, 2.45) is 4.99 Å². The van der Waals surface area contributed by atoms with Crippen LogP contribution in [-0.2, 0) is 0 Å². The maximum Gasteiger partial charge on any atom is 0.0654 e. The van der Waals surface area contributed by atoms with Crippen molar-refractivity contribution in [3.63, 3.8) is 0 Å². The summed E-state index contributed by atoms with van der Waals surface area (Å²) < 4.78 is 0. The van der Waals surface area contributed by atoms with Crippen LogP contribution < -0.4 is 0 Å². The molecule has 1 aromatic heterocycles. The zero-order chi connectivity index (χ0) is 9.26. The minimum atomic E-state index is 1.01. The molecule has 13 heavy (non-hydrogen) atoms. The van der Waals surface area contributed by atoms with Crippen LogP contribution in [0.25, 0.3) is 6.08 Å². The summed E-state index contributed by atoms with van der Waals surface area (Å²) in [5.41, 5.74) is 4.36. The van der Waals surface area contributed by atoms with E-state index in [-0.39, 0.29) is 0 Å². The van der Waals surface area contributed by atoms with E-state index >= 15 is 0 Å². The van der Waals surface area contributed by atoms with Crippen molar-refractivity contribution in [3.05, 3.63) is 41.4 Å². The molecule has 2 rings (SSSR count). The molecular formula is C11H12N2. The van der Waals surface area contributed by atoms with Crippen molar-refractivity contribution in [2.75, 3.05) is 0 Å². The number of aryl methyl sites for hydroxylation is 1. The normalized spacial score (nSPS) is 18.3.